The van der Waals surface area contributed by atoms with Crippen LogP contribution in [-0.4, -0.2) is 14.9 Å². The molecule has 0 amide bonds. The van der Waals surface area contributed by atoms with E-state index in [2.05, 4.69) is 21.0 Å². The zero-order chi connectivity index (χ0) is 14.7. The molecule has 6 heteroatoms. The van der Waals surface area contributed by atoms with Gasteiger partial charge < -0.3 is 9.84 Å². The number of halogens is 2. The van der Waals surface area contributed by atoms with Crippen LogP contribution >= 0.6 is 27.5 Å². The fraction of sp³-hybridized carbons (Fsp3) is 0.357. The fourth-order valence-electron chi connectivity index (χ4n) is 1.99. The molecule has 0 radical (unpaired) electrons. The lowest BCUT2D eigenvalue weighted by Crippen LogP contribution is -2.07. The van der Waals surface area contributed by atoms with Crippen LogP contribution in [-0.2, 0) is 19.8 Å². The van der Waals surface area contributed by atoms with E-state index >= 15 is 0 Å². The maximum Gasteiger partial charge on any atom is 0.143 e. The molecule has 0 fully saturated rings. The third kappa shape index (κ3) is 3.00. The highest BCUT2D eigenvalue weighted by molar-refractivity contribution is 9.10. The Kier molecular flexibility index (Phi) is 5.07. The third-order valence-electron chi connectivity index (χ3n) is 3.02. The summed E-state index contributed by atoms with van der Waals surface area (Å²) in [5.74, 6) is 0.519. The van der Waals surface area contributed by atoms with E-state index in [9.17, 15) is 5.11 Å². The van der Waals surface area contributed by atoms with Gasteiger partial charge in [0, 0.05) is 12.1 Å². The Morgan fingerprint density at radius 2 is 2.20 bits per heavy atom. The average molecular weight is 360 g/mol. The van der Waals surface area contributed by atoms with Crippen molar-refractivity contribution in [3.8, 4) is 5.75 Å². The van der Waals surface area contributed by atoms with Gasteiger partial charge in [0.05, 0.1) is 27.5 Å². The molecule has 0 unspecified atom stereocenters. The number of hydrogen-bond donors (Lipinski definition) is 1. The van der Waals surface area contributed by atoms with Crippen molar-refractivity contribution >= 4 is 27.5 Å². The van der Waals surface area contributed by atoms with Crippen LogP contribution in [0.15, 0.2) is 22.7 Å². The van der Waals surface area contributed by atoms with E-state index in [1.165, 1.54) is 0 Å². The van der Waals surface area contributed by atoms with Crippen LogP contribution in [0.25, 0.3) is 0 Å². The lowest BCUT2D eigenvalue weighted by atomic mass is 10.2. The van der Waals surface area contributed by atoms with E-state index in [1.807, 2.05) is 18.5 Å². The van der Waals surface area contributed by atoms with Crippen LogP contribution < -0.4 is 4.74 Å². The molecule has 1 aromatic carbocycles. The number of hydrogen-bond acceptors (Lipinski definition) is 3. The predicted octanol–water partition coefficient (Wildman–Crippen LogP) is 3.70. The van der Waals surface area contributed by atoms with Gasteiger partial charge in [-0.15, -0.1) is 0 Å². The van der Waals surface area contributed by atoms with Gasteiger partial charge in [0.15, 0.2) is 0 Å². The molecule has 4 nitrogen and oxygen atoms in total. The van der Waals surface area contributed by atoms with Crippen LogP contribution in [0.3, 0.4) is 0 Å². The van der Waals surface area contributed by atoms with Crippen LogP contribution in [0.2, 0.25) is 5.02 Å². The summed E-state index contributed by atoms with van der Waals surface area (Å²) in [7, 11) is 0. The lowest BCUT2D eigenvalue weighted by Gasteiger charge is -2.12. The molecule has 1 aromatic heterocycles. The molecule has 108 valence electrons. The highest BCUT2D eigenvalue weighted by Crippen LogP contribution is 2.30. The van der Waals surface area contributed by atoms with E-state index in [4.69, 9.17) is 16.3 Å². The second-order valence-electron chi connectivity index (χ2n) is 4.34. The minimum atomic E-state index is -0.108. The van der Waals surface area contributed by atoms with Gasteiger partial charge in [0.1, 0.15) is 12.4 Å². The molecule has 0 aliphatic carbocycles. The number of aliphatic hydroxyl groups excluding tert-OH is 1. The molecule has 0 aliphatic heterocycles. The number of rotatable bonds is 5. The Hall–Kier alpha value is -1.04. The Bertz CT molecular complexity index is 613. The minimum absolute atomic E-state index is 0.108. The Morgan fingerprint density at radius 3 is 2.85 bits per heavy atom. The SMILES string of the molecule is CCn1nc(C)c(Br)c1COc1c(Cl)cccc1CO. The standard InChI is InChI=1S/C14H16BrClN2O2/c1-3-18-12(13(15)9(2)17-18)8-20-14-10(7-19)5-4-6-11(14)16/h4-6,19H,3,7-8H2,1-2H3. The van der Waals surface area contributed by atoms with E-state index in [0.29, 0.717) is 22.9 Å². The Balaban J connectivity index is 2.25. The van der Waals surface area contributed by atoms with Crippen molar-refractivity contribution in [2.24, 2.45) is 0 Å². The first-order valence-corrected chi connectivity index (χ1v) is 7.48. The number of nitrogens with zero attached hydrogens (tertiary/aromatic N) is 2. The van der Waals surface area contributed by atoms with Gasteiger partial charge in [-0.3, -0.25) is 4.68 Å². The monoisotopic (exact) mass is 358 g/mol. The molecule has 2 rings (SSSR count). The average Bonchev–Trinajstić information content (AvgIpc) is 2.72. The maximum absolute atomic E-state index is 9.33. The number of aliphatic hydroxyl groups is 1. The van der Waals surface area contributed by atoms with Gasteiger partial charge in [-0.2, -0.15) is 5.10 Å². The van der Waals surface area contributed by atoms with Crippen molar-refractivity contribution in [2.45, 2.75) is 33.6 Å². The number of ether oxygens (including phenoxy) is 1. The highest BCUT2D eigenvalue weighted by Gasteiger charge is 2.14. The first-order valence-electron chi connectivity index (χ1n) is 6.31. The largest absolute Gasteiger partial charge is 0.485 e. The summed E-state index contributed by atoms with van der Waals surface area (Å²) in [6.07, 6.45) is 0. The summed E-state index contributed by atoms with van der Waals surface area (Å²) < 4.78 is 8.62. The molecule has 0 atom stereocenters. The van der Waals surface area contributed by atoms with Crippen molar-refractivity contribution in [3.05, 3.63) is 44.6 Å². The quantitative estimate of drug-likeness (QED) is 0.885. The first kappa shape index (κ1) is 15.4. The minimum Gasteiger partial charge on any atom is -0.485 e. The Morgan fingerprint density at radius 1 is 1.45 bits per heavy atom. The number of aryl methyl sites for hydroxylation is 2. The first-order chi connectivity index (χ1) is 9.58. The molecule has 20 heavy (non-hydrogen) atoms. The number of para-hydroxylation sites is 1. The molecule has 0 saturated heterocycles. The zero-order valence-corrected chi connectivity index (χ0v) is 13.7. The van der Waals surface area contributed by atoms with Crippen LogP contribution in [0.1, 0.15) is 23.9 Å². The maximum atomic E-state index is 9.33. The van der Waals surface area contributed by atoms with Crippen LogP contribution in [0, 0.1) is 6.92 Å². The highest BCUT2D eigenvalue weighted by atomic mass is 79.9. The van der Waals surface area contributed by atoms with Crippen molar-refractivity contribution in [2.75, 3.05) is 0 Å². The van der Waals surface area contributed by atoms with E-state index in [1.54, 1.807) is 18.2 Å². The van der Waals surface area contributed by atoms with Crippen LogP contribution in [0.4, 0.5) is 0 Å². The summed E-state index contributed by atoms with van der Waals surface area (Å²) in [5, 5.41) is 14.2. The second kappa shape index (κ2) is 6.61. The summed E-state index contributed by atoms with van der Waals surface area (Å²) in [6.45, 7) is 4.96. The lowest BCUT2D eigenvalue weighted by molar-refractivity contribution is 0.254. The van der Waals surface area contributed by atoms with Crippen molar-refractivity contribution < 1.29 is 9.84 Å². The normalized spacial score (nSPS) is 10.8. The van der Waals surface area contributed by atoms with E-state index < -0.39 is 0 Å². The molecule has 0 bridgehead atoms. The van der Waals surface area contributed by atoms with Crippen molar-refractivity contribution in [3.63, 3.8) is 0 Å². The van der Waals surface area contributed by atoms with Crippen LogP contribution in [0.5, 0.6) is 5.75 Å². The number of benzene rings is 1. The molecule has 0 saturated carbocycles. The molecular formula is C14H16BrClN2O2. The molecule has 1 heterocycles. The predicted molar refractivity (Wildman–Crippen MR) is 82.0 cm³/mol. The molecule has 0 aliphatic rings. The summed E-state index contributed by atoms with van der Waals surface area (Å²) in [6, 6.07) is 5.32. The zero-order valence-electron chi connectivity index (χ0n) is 11.4. The van der Waals surface area contributed by atoms with Crippen molar-refractivity contribution in [1.29, 1.82) is 0 Å². The van der Waals surface area contributed by atoms with Gasteiger partial charge in [0.2, 0.25) is 0 Å². The summed E-state index contributed by atoms with van der Waals surface area (Å²) in [5.41, 5.74) is 2.55. The second-order valence-corrected chi connectivity index (χ2v) is 5.54. The third-order valence-corrected chi connectivity index (χ3v) is 4.35. The molecule has 0 spiro atoms. The van der Waals surface area contributed by atoms with E-state index in [0.717, 1.165) is 22.4 Å². The number of aromatic nitrogens is 2. The van der Waals surface area contributed by atoms with Gasteiger partial charge >= 0.3 is 0 Å². The molecule has 2 aromatic rings. The molecular weight excluding hydrogens is 344 g/mol. The smallest absolute Gasteiger partial charge is 0.143 e. The van der Waals surface area contributed by atoms with Gasteiger partial charge in [-0.25, -0.2) is 0 Å². The topological polar surface area (TPSA) is 47.3 Å². The Labute approximate surface area is 131 Å². The van der Waals surface area contributed by atoms with Crippen molar-refractivity contribution in [1.82, 2.24) is 9.78 Å². The fourth-order valence-corrected chi connectivity index (χ4v) is 2.63. The summed E-state index contributed by atoms with van der Waals surface area (Å²) in [4.78, 5) is 0. The summed E-state index contributed by atoms with van der Waals surface area (Å²) >= 11 is 9.65. The van der Waals surface area contributed by atoms with Gasteiger partial charge in [-0.05, 0) is 35.8 Å². The molecule has 1 N–H and O–H groups in total. The van der Waals surface area contributed by atoms with E-state index in [-0.39, 0.29) is 6.61 Å². The van der Waals surface area contributed by atoms with Gasteiger partial charge in [-0.1, -0.05) is 23.7 Å². The van der Waals surface area contributed by atoms with Gasteiger partial charge in [0.25, 0.3) is 0 Å².